The number of sulfonamides is 1. The number of benzene rings is 1. The Kier molecular flexibility index (Phi) is 8.78. The summed E-state index contributed by atoms with van der Waals surface area (Å²) in [7, 11) is -3.20. The molecule has 260 valence electrons. The monoisotopic (exact) mass is 664 g/mol. The van der Waals surface area contributed by atoms with Gasteiger partial charge in [-0.25, -0.2) is 17.9 Å². The number of hydrogen-bond donors (Lipinski definition) is 3. The number of hydrogen-bond acceptors (Lipinski definition) is 4. The molecule has 9 atom stereocenters. The second-order valence-corrected chi connectivity index (χ2v) is 19.6. The van der Waals surface area contributed by atoms with Gasteiger partial charge in [-0.2, -0.15) is 0 Å². The van der Waals surface area contributed by atoms with Crippen LogP contribution in [0.4, 0.5) is 0 Å². The molecule has 4 unspecified atom stereocenters. The van der Waals surface area contributed by atoms with Crippen LogP contribution in [0.1, 0.15) is 122 Å². The lowest BCUT2D eigenvalue weighted by Crippen LogP contribution is -2.68. The predicted octanol–water partition coefficient (Wildman–Crippen LogP) is 8.32. The molecule has 0 saturated heterocycles. The van der Waals surface area contributed by atoms with Crippen LogP contribution in [0.5, 0.6) is 0 Å². The summed E-state index contributed by atoms with van der Waals surface area (Å²) in [6, 6.07) is 7.54. The van der Waals surface area contributed by atoms with Crippen molar-refractivity contribution < 1.29 is 18.3 Å². The first-order valence-electron chi connectivity index (χ1n) is 18.4. The van der Waals surface area contributed by atoms with E-state index in [9.17, 15) is 18.3 Å². The molecule has 6 rings (SSSR count). The molecular weight excluding hydrogens is 605 g/mol. The van der Waals surface area contributed by atoms with Gasteiger partial charge in [0, 0.05) is 18.6 Å². The molecule has 7 heteroatoms. The van der Waals surface area contributed by atoms with Gasteiger partial charge in [0.2, 0.25) is 10.0 Å². The van der Waals surface area contributed by atoms with Gasteiger partial charge in [0.05, 0.1) is 11.3 Å². The van der Waals surface area contributed by atoms with Crippen LogP contribution < -0.4 is 10.0 Å². The van der Waals surface area contributed by atoms with E-state index in [1.165, 1.54) is 49.7 Å². The van der Waals surface area contributed by atoms with Crippen LogP contribution in [0.2, 0.25) is 0 Å². The Balaban J connectivity index is 1.29. The molecule has 3 N–H and O–H groups in total. The highest BCUT2D eigenvalue weighted by atomic mass is 32.2. The number of rotatable bonds is 9. The number of fused-ring (bicyclic) bond motifs is 7. The lowest BCUT2D eigenvalue weighted by molar-refractivity contribution is -0.219. The maximum Gasteiger partial charge on any atom is 0.335 e. The highest BCUT2D eigenvalue weighted by molar-refractivity contribution is 7.89. The molecule has 1 aromatic carbocycles. The molecular formula is C40H60N2O4S. The number of allylic oxidation sites excluding steroid dienone is 3. The quantitative estimate of drug-likeness (QED) is 0.182. The van der Waals surface area contributed by atoms with Crippen molar-refractivity contribution in [2.24, 2.45) is 51.2 Å². The van der Waals surface area contributed by atoms with E-state index in [0.29, 0.717) is 48.2 Å². The summed E-state index contributed by atoms with van der Waals surface area (Å²) in [4.78, 5) is 11.5. The van der Waals surface area contributed by atoms with Crippen LogP contribution in [0.15, 0.2) is 42.5 Å². The van der Waals surface area contributed by atoms with Crippen molar-refractivity contribution in [3.05, 3.63) is 53.6 Å². The van der Waals surface area contributed by atoms with Crippen LogP contribution in [-0.2, 0) is 10.0 Å². The van der Waals surface area contributed by atoms with Crippen molar-refractivity contribution in [1.29, 1.82) is 0 Å². The van der Waals surface area contributed by atoms with Gasteiger partial charge in [-0.15, -0.1) is 0 Å². The van der Waals surface area contributed by atoms with Crippen LogP contribution in [0.3, 0.4) is 0 Å². The molecule has 0 spiro atoms. The summed E-state index contributed by atoms with van der Waals surface area (Å²) in [5, 5.41) is 13.5. The second-order valence-electron chi connectivity index (χ2n) is 17.5. The van der Waals surface area contributed by atoms with Gasteiger partial charge in [-0.05, 0) is 146 Å². The van der Waals surface area contributed by atoms with Crippen LogP contribution in [0, 0.1) is 51.2 Å². The van der Waals surface area contributed by atoms with Crippen LogP contribution >= 0.6 is 0 Å². The Bertz CT molecular complexity index is 1550. The van der Waals surface area contributed by atoms with Gasteiger partial charge in [0.1, 0.15) is 0 Å². The minimum Gasteiger partial charge on any atom is -0.478 e. The fourth-order valence-electron chi connectivity index (χ4n) is 13.0. The fourth-order valence-corrected chi connectivity index (χ4v) is 13.6. The Hall–Kier alpha value is -1.96. The highest BCUT2D eigenvalue weighted by Gasteiger charge is 2.70. The first-order valence-corrected chi connectivity index (χ1v) is 20.0. The molecule has 0 aromatic heterocycles. The van der Waals surface area contributed by atoms with E-state index in [1.54, 1.807) is 19.1 Å². The summed E-state index contributed by atoms with van der Waals surface area (Å²) >= 11 is 0. The van der Waals surface area contributed by atoms with E-state index in [0.717, 1.165) is 24.8 Å². The Morgan fingerprint density at radius 2 is 1.62 bits per heavy atom. The maximum atomic E-state index is 12.1. The zero-order chi connectivity index (χ0) is 34.2. The lowest BCUT2D eigenvalue weighted by Gasteiger charge is -2.72. The molecule has 5 aliphatic rings. The average Bonchev–Trinajstić information content (AvgIpc) is 3.40. The summed E-state index contributed by atoms with van der Waals surface area (Å²) < 4.78 is 27.1. The number of aromatic carboxylic acids is 1. The Labute approximate surface area is 284 Å². The van der Waals surface area contributed by atoms with Gasteiger partial charge in [0.25, 0.3) is 0 Å². The molecule has 47 heavy (non-hydrogen) atoms. The van der Waals surface area contributed by atoms with Gasteiger partial charge in [0.15, 0.2) is 0 Å². The number of nitrogens with one attached hydrogen (secondary N) is 2. The summed E-state index contributed by atoms with van der Waals surface area (Å²) in [5.41, 5.74) is 4.95. The topological polar surface area (TPSA) is 95.5 Å². The first kappa shape index (κ1) is 34.9. The summed E-state index contributed by atoms with van der Waals surface area (Å²) in [5.74, 6) is 2.13. The SMILES string of the molecule is C=C(C)[C@@H]1CC[C@]2(NCCNS(=O)(=O)CC)CC[C@]3(C)C(CCC4[C@@]5(C)CC=C(c6ccc(C(=O)O)cc6)C(C)(C)C5CC[C@]43C)C12. The van der Waals surface area contributed by atoms with Crippen LogP contribution in [-0.4, -0.2) is 43.9 Å². The van der Waals surface area contributed by atoms with Gasteiger partial charge >= 0.3 is 5.97 Å². The molecule has 0 radical (unpaired) electrons. The third kappa shape index (κ3) is 5.31. The molecule has 4 fully saturated rings. The standard InChI is InChI=1S/C40H60N2O4S/c1-9-47(45,46)42-25-24-41-40-21-16-29(26(2)3)34(40)31-14-15-33-37(6)19-17-30(27-10-12-28(13-11-27)35(43)44)36(4,5)32(37)18-20-39(33,8)38(31,7)22-23-40/h10-13,17,29,31-34,41-42H,2,9,14-16,18-25H2,1,3-8H3,(H,43,44)/t29-,31?,32?,33?,34?,37-,38+,39+,40-/m0/s1. The molecule has 5 aliphatic carbocycles. The van der Waals surface area contributed by atoms with Gasteiger partial charge in [-0.3, -0.25) is 0 Å². The zero-order valence-corrected chi connectivity index (χ0v) is 30.9. The zero-order valence-electron chi connectivity index (χ0n) is 30.0. The molecule has 0 heterocycles. The largest absolute Gasteiger partial charge is 0.478 e. The normalized spacial score (nSPS) is 40.7. The molecule has 6 nitrogen and oxygen atoms in total. The number of carboxylic acids is 1. The van der Waals surface area contributed by atoms with Crippen molar-refractivity contribution in [3.8, 4) is 0 Å². The van der Waals surface area contributed by atoms with Crippen molar-refractivity contribution >= 4 is 21.6 Å². The Morgan fingerprint density at radius 1 is 0.915 bits per heavy atom. The fraction of sp³-hybridized carbons (Fsp3) is 0.725. The van der Waals surface area contributed by atoms with E-state index in [-0.39, 0.29) is 33.0 Å². The number of carboxylic acid groups (broad SMARTS) is 1. The Morgan fingerprint density at radius 3 is 2.26 bits per heavy atom. The molecule has 4 saturated carbocycles. The summed E-state index contributed by atoms with van der Waals surface area (Å²) in [6.45, 7) is 22.4. The first-order chi connectivity index (χ1) is 22.0. The predicted molar refractivity (Wildman–Crippen MR) is 191 cm³/mol. The minimum absolute atomic E-state index is 0.00173. The average molecular weight is 665 g/mol. The third-order valence-corrected chi connectivity index (χ3v) is 16.8. The minimum atomic E-state index is -3.20. The smallest absolute Gasteiger partial charge is 0.335 e. The van der Waals surface area contributed by atoms with E-state index in [1.807, 2.05) is 12.1 Å². The van der Waals surface area contributed by atoms with Gasteiger partial charge < -0.3 is 10.4 Å². The van der Waals surface area contributed by atoms with E-state index >= 15 is 0 Å². The molecule has 1 aromatic rings. The van der Waals surface area contributed by atoms with Crippen molar-refractivity contribution in [2.45, 2.75) is 112 Å². The number of carbonyl (C=O) groups is 1. The molecule has 0 aliphatic heterocycles. The van der Waals surface area contributed by atoms with Crippen molar-refractivity contribution in [2.75, 3.05) is 18.8 Å². The van der Waals surface area contributed by atoms with Gasteiger partial charge in [-0.1, -0.05) is 65.0 Å². The van der Waals surface area contributed by atoms with E-state index in [4.69, 9.17) is 0 Å². The van der Waals surface area contributed by atoms with E-state index in [2.05, 4.69) is 64.2 Å². The maximum absolute atomic E-state index is 12.1. The third-order valence-electron chi connectivity index (χ3n) is 15.4. The second kappa shape index (κ2) is 11.8. The molecule has 0 bridgehead atoms. The van der Waals surface area contributed by atoms with Crippen molar-refractivity contribution in [3.63, 3.8) is 0 Å². The van der Waals surface area contributed by atoms with E-state index < -0.39 is 16.0 Å². The lowest BCUT2D eigenvalue weighted by atomic mass is 9.33. The summed E-state index contributed by atoms with van der Waals surface area (Å²) in [6.07, 6.45) is 13.3. The highest BCUT2D eigenvalue weighted by Crippen LogP contribution is 2.76. The van der Waals surface area contributed by atoms with Crippen LogP contribution in [0.25, 0.3) is 5.57 Å². The molecule has 0 amide bonds. The van der Waals surface area contributed by atoms with Crippen molar-refractivity contribution in [1.82, 2.24) is 10.0 Å².